The Morgan fingerprint density at radius 2 is 2.00 bits per heavy atom. The van der Waals surface area contributed by atoms with Crippen molar-refractivity contribution in [2.75, 3.05) is 13.1 Å². The van der Waals surface area contributed by atoms with E-state index in [0.29, 0.717) is 23.7 Å². The third kappa shape index (κ3) is 2.57. The first kappa shape index (κ1) is 13.9. The molecule has 3 rings (SSSR count). The minimum absolute atomic E-state index is 0.0636. The molecule has 1 aliphatic carbocycles. The number of Topliss-reactive ketones (excluding diaryl/α,β-unsaturated/α-hetero) is 1. The molecule has 2 N–H and O–H groups in total. The first-order valence-electron chi connectivity index (χ1n) is 7.19. The summed E-state index contributed by atoms with van der Waals surface area (Å²) in [5.41, 5.74) is 0.812. The molecule has 1 aliphatic heterocycles. The number of carboxylic acids is 1. The van der Waals surface area contributed by atoms with Gasteiger partial charge in [-0.15, -0.1) is 0 Å². The van der Waals surface area contributed by atoms with E-state index >= 15 is 0 Å². The van der Waals surface area contributed by atoms with Gasteiger partial charge in [0.25, 0.3) is 5.91 Å². The summed E-state index contributed by atoms with van der Waals surface area (Å²) in [5.74, 6) is -1.11. The van der Waals surface area contributed by atoms with Crippen molar-refractivity contribution < 1.29 is 19.5 Å². The smallest absolute Gasteiger partial charge is 0.308 e. The molecule has 21 heavy (non-hydrogen) atoms. The highest BCUT2D eigenvalue weighted by molar-refractivity contribution is 5.99. The maximum absolute atomic E-state index is 12.4. The van der Waals surface area contributed by atoms with E-state index in [4.69, 9.17) is 0 Å². The number of hydrogen-bond donors (Lipinski definition) is 2. The van der Waals surface area contributed by atoms with Crippen molar-refractivity contribution in [3.05, 3.63) is 23.5 Å². The molecule has 1 amide bonds. The number of aromatic nitrogens is 1. The van der Waals surface area contributed by atoms with Crippen LogP contribution in [0.4, 0.5) is 0 Å². The zero-order valence-electron chi connectivity index (χ0n) is 11.8. The number of carbonyl (C=O) groups is 3. The molecule has 0 unspecified atom stereocenters. The number of hydrogen-bond acceptors (Lipinski definition) is 3. The molecule has 1 saturated heterocycles. The van der Waals surface area contributed by atoms with Gasteiger partial charge in [0, 0.05) is 24.8 Å². The number of amides is 1. The van der Waals surface area contributed by atoms with E-state index in [9.17, 15) is 19.5 Å². The molecule has 0 radical (unpaired) electrons. The Hall–Kier alpha value is -2.11. The summed E-state index contributed by atoms with van der Waals surface area (Å²) in [6, 6.07) is 1.53. The van der Waals surface area contributed by atoms with Gasteiger partial charge in [-0.05, 0) is 37.7 Å². The molecule has 0 spiro atoms. The predicted molar refractivity (Wildman–Crippen MR) is 74.0 cm³/mol. The van der Waals surface area contributed by atoms with Gasteiger partial charge in [-0.2, -0.15) is 0 Å². The van der Waals surface area contributed by atoms with Crippen LogP contribution in [0.15, 0.2) is 12.3 Å². The van der Waals surface area contributed by atoms with Gasteiger partial charge in [0.05, 0.1) is 5.92 Å². The standard InChI is InChI=1S/C15H18N2O4/c1-8(18)10-4-13(16-5-10)14(19)17-6-11(9-2-3-9)12(7-17)15(20)21/h4-5,9,11-12,16H,2-3,6-7H2,1H3,(H,20,21)/t11-,12+/m1/s1. The summed E-state index contributed by atoms with van der Waals surface area (Å²) < 4.78 is 0. The second kappa shape index (κ2) is 5.02. The van der Waals surface area contributed by atoms with E-state index in [1.807, 2.05) is 0 Å². The van der Waals surface area contributed by atoms with Crippen LogP contribution in [0.3, 0.4) is 0 Å². The number of carboxylic acid groups (broad SMARTS) is 1. The van der Waals surface area contributed by atoms with Gasteiger partial charge in [-0.1, -0.05) is 0 Å². The molecule has 2 aliphatic rings. The minimum atomic E-state index is -0.821. The Bertz CT molecular complexity index is 603. The van der Waals surface area contributed by atoms with E-state index in [1.165, 1.54) is 19.2 Å². The fraction of sp³-hybridized carbons (Fsp3) is 0.533. The van der Waals surface area contributed by atoms with Gasteiger partial charge in [-0.3, -0.25) is 14.4 Å². The summed E-state index contributed by atoms with van der Waals surface area (Å²) in [4.78, 5) is 39.5. The van der Waals surface area contributed by atoms with Gasteiger partial charge in [0.15, 0.2) is 5.78 Å². The van der Waals surface area contributed by atoms with Crippen molar-refractivity contribution in [1.82, 2.24) is 9.88 Å². The molecule has 0 aromatic carbocycles. The third-order valence-electron chi connectivity index (χ3n) is 4.52. The van der Waals surface area contributed by atoms with Crippen LogP contribution < -0.4 is 0 Å². The minimum Gasteiger partial charge on any atom is -0.481 e. The highest BCUT2D eigenvalue weighted by Crippen LogP contribution is 2.44. The average molecular weight is 290 g/mol. The zero-order chi connectivity index (χ0) is 15.1. The summed E-state index contributed by atoms with van der Waals surface area (Å²) in [5, 5.41) is 9.32. The van der Waals surface area contributed by atoms with Crippen LogP contribution >= 0.6 is 0 Å². The average Bonchev–Trinajstić information content (AvgIpc) is 3.01. The van der Waals surface area contributed by atoms with Crippen LogP contribution in [-0.4, -0.2) is 45.7 Å². The topological polar surface area (TPSA) is 90.5 Å². The lowest BCUT2D eigenvalue weighted by molar-refractivity contribution is -0.142. The molecule has 1 saturated carbocycles. The van der Waals surface area contributed by atoms with Crippen molar-refractivity contribution in [2.24, 2.45) is 17.8 Å². The molecule has 1 aromatic heterocycles. The molecule has 2 fully saturated rings. The quantitative estimate of drug-likeness (QED) is 0.820. The largest absolute Gasteiger partial charge is 0.481 e. The summed E-state index contributed by atoms with van der Waals surface area (Å²) in [6.07, 6.45) is 3.64. The van der Waals surface area contributed by atoms with Crippen molar-refractivity contribution in [3.8, 4) is 0 Å². The van der Waals surface area contributed by atoms with Crippen LogP contribution in [0.2, 0.25) is 0 Å². The number of ketones is 1. The van der Waals surface area contributed by atoms with E-state index in [2.05, 4.69) is 4.98 Å². The highest BCUT2D eigenvalue weighted by atomic mass is 16.4. The van der Waals surface area contributed by atoms with Crippen molar-refractivity contribution >= 4 is 17.7 Å². The first-order valence-corrected chi connectivity index (χ1v) is 7.19. The second-order valence-electron chi connectivity index (χ2n) is 6.01. The van der Waals surface area contributed by atoms with E-state index in [0.717, 1.165) is 12.8 Å². The number of H-pyrrole nitrogens is 1. The lowest BCUT2D eigenvalue weighted by Crippen LogP contribution is -2.30. The van der Waals surface area contributed by atoms with Gasteiger partial charge < -0.3 is 15.0 Å². The molecule has 2 heterocycles. The third-order valence-corrected chi connectivity index (χ3v) is 4.52. The summed E-state index contributed by atoms with van der Waals surface area (Å²) in [7, 11) is 0. The Morgan fingerprint density at radius 3 is 2.52 bits per heavy atom. The number of rotatable bonds is 4. The molecule has 0 bridgehead atoms. The Morgan fingerprint density at radius 1 is 1.29 bits per heavy atom. The van der Waals surface area contributed by atoms with E-state index < -0.39 is 11.9 Å². The van der Waals surface area contributed by atoms with Crippen LogP contribution in [0, 0.1) is 17.8 Å². The summed E-state index contributed by atoms with van der Waals surface area (Å²) >= 11 is 0. The molecule has 1 aromatic rings. The normalized spacial score (nSPS) is 25.1. The van der Waals surface area contributed by atoms with Crippen LogP contribution in [0.25, 0.3) is 0 Å². The fourth-order valence-electron chi connectivity index (χ4n) is 3.15. The number of likely N-dealkylation sites (tertiary alicyclic amines) is 1. The first-order chi connectivity index (χ1) is 9.97. The second-order valence-corrected chi connectivity index (χ2v) is 6.01. The van der Waals surface area contributed by atoms with E-state index in [1.54, 1.807) is 4.90 Å². The molecule has 6 nitrogen and oxygen atoms in total. The number of aromatic amines is 1. The molecule has 112 valence electrons. The van der Waals surface area contributed by atoms with Crippen molar-refractivity contribution in [2.45, 2.75) is 19.8 Å². The van der Waals surface area contributed by atoms with Crippen LogP contribution in [0.1, 0.15) is 40.6 Å². The Balaban J connectivity index is 1.75. The number of nitrogens with one attached hydrogen (secondary N) is 1. The van der Waals surface area contributed by atoms with Crippen LogP contribution in [0.5, 0.6) is 0 Å². The number of carbonyl (C=O) groups excluding carboxylic acids is 2. The van der Waals surface area contributed by atoms with Gasteiger partial charge in [0.1, 0.15) is 5.69 Å². The molecule has 2 atom stereocenters. The number of aliphatic carboxylic acids is 1. The predicted octanol–water partition coefficient (Wildman–Crippen LogP) is 1.40. The van der Waals surface area contributed by atoms with Gasteiger partial charge in [-0.25, -0.2) is 0 Å². The fourth-order valence-corrected chi connectivity index (χ4v) is 3.15. The van der Waals surface area contributed by atoms with Crippen molar-refractivity contribution in [3.63, 3.8) is 0 Å². The monoisotopic (exact) mass is 290 g/mol. The zero-order valence-corrected chi connectivity index (χ0v) is 11.8. The summed E-state index contributed by atoms with van der Waals surface area (Å²) in [6.45, 7) is 2.19. The van der Waals surface area contributed by atoms with Gasteiger partial charge >= 0.3 is 5.97 Å². The maximum Gasteiger partial charge on any atom is 0.308 e. The lowest BCUT2D eigenvalue weighted by Gasteiger charge is -2.15. The molecule has 6 heteroatoms. The lowest BCUT2D eigenvalue weighted by atomic mass is 9.92. The Kier molecular flexibility index (Phi) is 3.31. The number of nitrogens with zero attached hydrogens (tertiary/aromatic N) is 1. The van der Waals surface area contributed by atoms with Crippen LogP contribution in [-0.2, 0) is 4.79 Å². The van der Waals surface area contributed by atoms with Crippen molar-refractivity contribution in [1.29, 1.82) is 0 Å². The SMILES string of the molecule is CC(=O)c1c[nH]c(C(=O)N2C[C@H](C(=O)O)[C@@H](C3CC3)C2)c1. The van der Waals surface area contributed by atoms with Gasteiger partial charge in [0.2, 0.25) is 0 Å². The molecular formula is C15H18N2O4. The maximum atomic E-state index is 12.4. The highest BCUT2D eigenvalue weighted by Gasteiger charge is 2.47. The molecular weight excluding hydrogens is 272 g/mol. The Labute approximate surface area is 122 Å². The van der Waals surface area contributed by atoms with E-state index in [-0.39, 0.29) is 24.2 Å².